The molecule has 0 aliphatic rings. The second-order valence-electron chi connectivity index (χ2n) is 5.04. The molecule has 7 nitrogen and oxygen atoms in total. The van der Waals surface area contributed by atoms with Crippen LogP contribution in [0.15, 0.2) is 4.99 Å². The number of nitrogens with one attached hydrogen (secondary N) is 2. The van der Waals surface area contributed by atoms with Crippen LogP contribution in [-0.4, -0.2) is 77.4 Å². The number of hydrogen-bond donors (Lipinski definition) is 2. The van der Waals surface area contributed by atoms with Gasteiger partial charge in [0.05, 0.1) is 19.8 Å². The molecule has 0 aromatic carbocycles. The van der Waals surface area contributed by atoms with Gasteiger partial charge >= 0.3 is 0 Å². The second-order valence-corrected chi connectivity index (χ2v) is 5.04. The Morgan fingerprint density at radius 1 is 1.04 bits per heavy atom. The fraction of sp³-hybridized carbons (Fsp3) is 0.867. The highest BCUT2D eigenvalue weighted by molar-refractivity contribution is 14.0. The zero-order valence-electron chi connectivity index (χ0n) is 14.9. The summed E-state index contributed by atoms with van der Waals surface area (Å²) in [6, 6.07) is 0. The van der Waals surface area contributed by atoms with Crippen molar-refractivity contribution in [2.45, 2.75) is 26.2 Å². The predicted molar refractivity (Wildman–Crippen MR) is 105 cm³/mol. The number of aliphatic imine (C=N–C) groups is 1. The van der Waals surface area contributed by atoms with E-state index in [1.807, 2.05) is 0 Å². The summed E-state index contributed by atoms with van der Waals surface area (Å²) in [5.41, 5.74) is 0. The van der Waals surface area contributed by atoms with Crippen molar-refractivity contribution in [2.75, 3.05) is 60.7 Å². The highest BCUT2D eigenvalue weighted by atomic mass is 127. The Morgan fingerprint density at radius 3 is 2.22 bits per heavy atom. The maximum absolute atomic E-state index is 11.4. The summed E-state index contributed by atoms with van der Waals surface area (Å²) < 4.78 is 10.9. The lowest BCUT2D eigenvalue weighted by atomic mass is 10.4. The lowest BCUT2D eigenvalue weighted by molar-refractivity contribution is -0.128. The number of carbonyl (C=O) groups excluding carboxylic acids is 1. The number of amides is 1. The van der Waals surface area contributed by atoms with E-state index in [0.717, 1.165) is 19.4 Å². The molecule has 0 rings (SSSR count). The Balaban J connectivity index is 0. The van der Waals surface area contributed by atoms with Crippen LogP contribution in [0, 0.1) is 0 Å². The van der Waals surface area contributed by atoms with E-state index >= 15 is 0 Å². The normalized spacial score (nSPS) is 10.9. The van der Waals surface area contributed by atoms with Crippen molar-refractivity contribution in [3.05, 3.63) is 0 Å². The number of nitrogens with zero attached hydrogens (tertiary/aromatic N) is 2. The summed E-state index contributed by atoms with van der Waals surface area (Å²) in [4.78, 5) is 17.1. The van der Waals surface area contributed by atoms with Crippen molar-refractivity contribution in [1.82, 2.24) is 15.5 Å². The van der Waals surface area contributed by atoms with E-state index in [4.69, 9.17) is 9.47 Å². The van der Waals surface area contributed by atoms with Crippen molar-refractivity contribution in [3.8, 4) is 0 Å². The van der Waals surface area contributed by atoms with Crippen molar-refractivity contribution in [2.24, 2.45) is 4.99 Å². The molecule has 138 valence electrons. The summed E-state index contributed by atoms with van der Waals surface area (Å²) >= 11 is 0. The van der Waals surface area contributed by atoms with Crippen LogP contribution in [-0.2, 0) is 14.3 Å². The third kappa shape index (κ3) is 16.0. The molecular formula is C15H33IN4O3. The van der Waals surface area contributed by atoms with Crippen molar-refractivity contribution >= 4 is 35.8 Å². The first-order valence-electron chi connectivity index (χ1n) is 7.92. The van der Waals surface area contributed by atoms with Gasteiger partial charge < -0.3 is 25.0 Å². The smallest absolute Gasteiger partial charge is 0.223 e. The summed E-state index contributed by atoms with van der Waals surface area (Å²) in [5.74, 6) is 0.767. The van der Waals surface area contributed by atoms with Gasteiger partial charge in [-0.15, -0.1) is 24.0 Å². The molecule has 0 saturated heterocycles. The van der Waals surface area contributed by atoms with E-state index in [1.54, 1.807) is 26.0 Å². The van der Waals surface area contributed by atoms with Crippen LogP contribution in [0.5, 0.6) is 0 Å². The van der Waals surface area contributed by atoms with Gasteiger partial charge in [-0.2, -0.15) is 0 Å². The molecule has 0 saturated carbocycles. The molecule has 0 heterocycles. The summed E-state index contributed by atoms with van der Waals surface area (Å²) in [7, 11) is 5.20. The molecule has 0 atom stereocenters. The molecule has 0 spiro atoms. The molecule has 23 heavy (non-hydrogen) atoms. The zero-order chi connectivity index (χ0) is 16.6. The number of rotatable bonds is 12. The third-order valence-corrected chi connectivity index (χ3v) is 2.91. The van der Waals surface area contributed by atoms with E-state index in [1.165, 1.54) is 0 Å². The number of unbranched alkanes of at least 4 members (excludes halogenated alkanes) is 1. The first-order chi connectivity index (χ1) is 10.6. The van der Waals surface area contributed by atoms with Crippen LogP contribution in [0.3, 0.4) is 0 Å². The summed E-state index contributed by atoms with van der Waals surface area (Å²) in [6.45, 7) is 6.01. The number of halogens is 1. The first-order valence-corrected chi connectivity index (χ1v) is 7.92. The van der Waals surface area contributed by atoms with Gasteiger partial charge in [0, 0.05) is 47.3 Å². The minimum atomic E-state index is 0. The van der Waals surface area contributed by atoms with Crippen LogP contribution >= 0.6 is 24.0 Å². The molecule has 0 fully saturated rings. The van der Waals surface area contributed by atoms with Crippen LogP contribution < -0.4 is 10.6 Å². The minimum absolute atomic E-state index is 0. The summed E-state index contributed by atoms with van der Waals surface area (Å²) in [6.07, 6.45) is 2.69. The molecule has 0 aromatic heterocycles. The van der Waals surface area contributed by atoms with Crippen molar-refractivity contribution < 1.29 is 14.3 Å². The van der Waals surface area contributed by atoms with Crippen LogP contribution in [0.1, 0.15) is 26.2 Å². The number of guanidine groups is 1. The van der Waals surface area contributed by atoms with Crippen molar-refractivity contribution in [3.63, 3.8) is 0 Å². The Labute approximate surface area is 157 Å². The molecule has 2 N–H and O–H groups in total. The number of carbonyl (C=O) groups is 1. The monoisotopic (exact) mass is 444 g/mol. The van der Waals surface area contributed by atoms with E-state index in [-0.39, 0.29) is 29.9 Å². The molecular weight excluding hydrogens is 411 g/mol. The molecule has 0 aliphatic heterocycles. The Morgan fingerprint density at radius 2 is 1.65 bits per heavy atom. The quantitative estimate of drug-likeness (QED) is 0.204. The van der Waals surface area contributed by atoms with Gasteiger partial charge in [-0.05, 0) is 6.42 Å². The van der Waals surface area contributed by atoms with E-state index in [9.17, 15) is 4.79 Å². The van der Waals surface area contributed by atoms with Gasteiger partial charge in [0.2, 0.25) is 5.91 Å². The largest absolute Gasteiger partial charge is 0.379 e. The Hall–Kier alpha value is -0.610. The Bertz CT molecular complexity index is 315. The number of ether oxygens (including phenoxy) is 2. The van der Waals surface area contributed by atoms with Gasteiger partial charge in [-0.1, -0.05) is 13.3 Å². The molecule has 0 bridgehead atoms. The maximum atomic E-state index is 11.4. The summed E-state index contributed by atoms with van der Waals surface area (Å²) in [5, 5.41) is 6.22. The SMILES string of the molecule is CCCCOCCOCCNC(=NC)NCCC(=O)N(C)C.I. The van der Waals surface area contributed by atoms with E-state index in [0.29, 0.717) is 45.3 Å². The zero-order valence-corrected chi connectivity index (χ0v) is 17.2. The van der Waals surface area contributed by atoms with Gasteiger partial charge in [-0.25, -0.2) is 0 Å². The van der Waals surface area contributed by atoms with Crippen molar-refractivity contribution in [1.29, 1.82) is 0 Å². The molecule has 0 radical (unpaired) electrons. The van der Waals surface area contributed by atoms with Gasteiger partial charge in [0.1, 0.15) is 0 Å². The molecule has 0 aromatic rings. The molecule has 0 aliphatic carbocycles. The lowest BCUT2D eigenvalue weighted by Crippen LogP contribution is -2.40. The van der Waals surface area contributed by atoms with Crippen LogP contribution in [0.25, 0.3) is 0 Å². The average molecular weight is 444 g/mol. The van der Waals surface area contributed by atoms with Gasteiger partial charge in [0.25, 0.3) is 0 Å². The highest BCUT2D eigenvalue weighted by Crippen LogP contribution is 1.88. The number of hydrogen-bond acceptors (Lipinski definition) is 4. The van der Waals surface area contributed by atoms with E-state index < -0.39 is 0 Å². The third-order valence-electron chi connectivity index (χ3n) is 2.91. The maximum Gasteiger partial charge on any atom is 0.223 e. The fourth-order valence-corrected chi connectivity index (χ4v) is 1.54. The highest BCUT2D eigenvalue weighted by Gasteiger charge is 2.03. The van der Waals surface area contributed by atoms with Gasteiger partial charge in [-0.3, -0.25) is 9.79 Å². The van der Waals surface area contributed by atoms with E-state index in [2.05, 4.69) is 22.5 Å². The average Bonchev–Trinajstić information content (AvgIpc) is 2.51. The minimum Gasteiger partial charge on any atom is -0.379 e. The van der Waals surface area contributed by atoms with Crippen LogP contribution in [0.4, 0.5) is 0 Å². The Kier molecular flexibility index (Phi) is 19.0. The standard InChI is InChI=1S/C15H32N4O3.HI/c1-5-6-10-21-12-13-22-11-9-18-15(16-2)17-8-7-14(20)19(3)4;/h5-13H2,1-4H3,(H2,16,17,18);1H. The van der Waals surface area contributed by atoms with Gasteiger partial charge in [0.15, 0.2) is 5.96 Å². The lowest BCUT2D eigenvalue weighted by Gasteiger charge is -2.13. The molecule has 0 unspecified atom stereocenters. The van der Waals surface area contributed by atoms with Crippen LogP contribution in [0.2, 0.25) is 0 Å². The first kappa shape index (κ1) is 24.6. The molecule has 8 heteroatoms. The fourth-order valence-electron chi connectivity index (χ4n) is 1.54. The topological polar surface area (TPSA) is 75.2 Å². The predicted octanol–water partition coefficient (Wildman–Crippen LogP) is 1.08. The molecule has 1 amide bonds. The second kappa shape index (κ2) is 17.7.